The molecule has 7 heteroatoms. The van der Waals surface area contributed by atoms with Crippen LogP contribution in [0.15, 0.2) is 34.9 Å². The first-order valence-electron chi connectivity index (χ1n) is 6.18. The number of halogens is 1. The van der Waals surface area contributed by atoms with Gasteiger partial charge >= 0.3 is 0 Å². The Hall–Kier alpha value is -1.73. The Bertz CT molecular complexity index is 612. The van der Waals surface area contributed by atoms with Crippen molar-refractivity contribution in [1.82, 2.24) is 15.1 Å². The molecule has 1 heterocycles. The average Bonchev–Trinajstić information content (AvgIpc) is 2.80. The van der Waals surface area contributed by atoms with E-state index in [1.54, 1.807) is 16.8 Å². The van der Waals surface area contributed by atoms with Gasteiger partial charge in [0.15, 0.2) is 0 Å². The Morgan fingerprint density at radius 3 is 2.90 bits per heavy atom. The molecule has 1 aromatic carbocycles. The van der Waals surface area contributed by atoms with Crippen LogP contribution in [0, 0.1) is 10.1 Å². The van der Waals surface area contributed by atoms with Crippen LogP contribution in [-0.4, -0.2) is 21.2 Å². The molecule has 0 amide bonds. The van der Waals surface area contributed by atoms with Crippen LogP contribution in [0.2, 0.25) is 0 Å². The van der Waals surface area contributed by atoms with Crippen LogP contribution in [0.1, 0.15) is 11.3 Å². The Balaban J connectivity index is 1.90. The third-order valence-corrected chi connectivity index (χ3v) is 3.37. The molecular formula is C13H15BrN4O2. The molecule has 106 valence electrons. The Labute approximate surface area is 125 Å². The summed E-state index contributed by atoms with van der Waals surface area (Å²) in [6, 6.07) is 6.92. The normalized spacial score (nSPS) is 10.7. The summed E-state index contributed by atoms with van der Waals surface area (Å²) in [5, 5.41) is 18.4. The van der Waals surface area contributed by atoms with Gasteiger partial charge in [-0.2, -0.15) is 5.10 Å². The summed E-state index contributed by atoms with van der Waals surface area (Å²) in [6.45, 7) is 1.18. The summed E-state index contributed by atoms with van der Waals surface area (Å²) < 4.78 is 2.60. The molecule has 0 spiro atoms. The van der Waals surface area contributed by atoms with E-state index in [4.69, 9.17) is 0 Å². The maximum Gasteiger partial charge on any atom is 0.273 e. The van der Waals surface area contributed by atoms with E-state index < -0.39 is 0 Å². The minimum atomic E-state index is -0.359. The SMILES string of the molecule is Cn1ccc(CCNCc2cc(Br)ccc2[N+](=O)[O-])n1. The van der Waals surface area contributed by atoms with Crippen molar-refractivity contribution in [2.24, 2.45) is 7.05 Å². The molecule has 0 aliphatic rings. The summed E-state index contributed by atoms with van der Waals surface area (Å²) in [5.74, 6) is 0. The molecule has 2 rings (SSSR count). The fourth-order valence-corrected chi connectivity index (χ4v) is 2.32. The van der Waals surface area contributed by atoms with Crippen molar-refractivity contribution >= 4 is 21.6 Å². The first-order valence-corrected chi connectivity index (χ1v) is 6.97. The molecule has 0 aliphatic carbocycles. The van der Waals surface area contributed by atoms with Crippen LogP contribution in [-0.2, 0) is 20.0 Å². The molecule has 0 radical (unpaired) electrons. The maximum atomic E-state index is 10.9. The molecule has 0 bridgehead atoms. The van der Waals surface area contributed by atoms with Crippen LogP contribution >= 0.6 is 15.9 Å². The van der Waals surface area contributed by atoms with E-state index in [9.17, 15) is 10.1 Å². The zero-order chi connectivity index (χ0) is 14.5. The molecule has 0 atom stereocenters. The summed E-state index contributed by atoms with van der Waals surface area (Å²) in [4.78, 5) is 10.6. The van der Waals surface area contributed by atoms with Crippen molar-refractivity contribution in [2.75, 3.05) is 6.54 Å². The smallest absolute Gasteiger partial charge is 0.273 e. The van der Waals surface area contributed by atoms with Gasteiger partial charge in [-0.3, -0.25) is 14.8 Å². The predicted octanol–water partition coefficient (Wildman–Crippen LogP) is 2.42. The van der Waals surface area contributed by atoms with Gasteiger partial charge in [0.1, 0.15) is 0 Å². The number of nitro benzene ring substituents is 1. The lowest BCUT2D eigenvalue weighted by atomic mass is 10.2. The van der Waals surface area contributed by atoms with Crippen LogP contribution in [0.3, 0.4) is 0 Å². The third-order valence-electron chi connectivity index (χ3n) is 2.88. The van der Waals surface area contributed by atoms with Gasteiger partial charge in [-0.1, -0.05) is 15.9 Å². The molecule has 2 aromatic rings. The van der Waals surface area contributed by atoms with Crippen molar-refractivity contribution in [1.29, 1.82) is 0 Å². The van der Waals surface area contributed by atoms with Gasteiger partial charge in [-0.15, -0.1) is 0 Å². The molecule has 0 fully saturated rings. The molecule has 0 aliphatic heterocycles. The van der Waals surface area contributed by atoms with E-state index >= 15 is 0 Å². The number of nitrogens with zero attached hydrogens (tertiary/aromatic N) is 3. The number of aromatic nitrogens is 2. The van der Waals surface area contributed by atoms with E-state index in [2.05, 4.69) is 26.3 Å². The number of benzene rings is 1. The van der Waals surface area contributed by atoms with Gasteiger partial charge < -0.3 is 5.32 Å². The number of nitrogens with one attached hydrogen (secondary N) is 1. The molecule has 6 nitrogen and oxygen atoms in total. The highest BCUT2D eigenvalue weighted by Gasteiger charge is 2.13. The number of hydrogen-bond donors (Lipinski definition) is 1. The molecule has 1 N–H and O–H groups in total. The first kappa shape index (κ1) is 14.7. The first-order chi connectivity index (χ1) is 9.56. The lowest BCUT2D eigenvalue weighted by molar-refractivity contribution is -0.385. The van der Waals surface area contributed by atoms with Crippen molar-refractivity contribution in [3.63, 3.8) is 0 Å². The van der Waals surface area contributed by atoms with E-state index in [0.717, 1.165) is 23.1 Å². The highest BCUT2D eigenvalue weighted by molar-refractivity contribution is 9.10. The van der Waals surface area contributed by atoms with Gasteiger partial charge in [0, 0.05) is 48.9 Å². The fourth-order valence-electron chi connectivity index (χ4n) is 1.91. The number of hydrogen-bond acceptors (Lipinski definition) is 4. The topological polar surface area (TPSA) is 73.0 Å². The van der Waals surface area contributed by atoms with E-state index in [0.29, 0.717) is 12.1 Å². The van der Waals surface area contributed by atoms with Crippen LogP contribution in [0.25, 0.3) is 0 Å². The second-order valence-electron chi connectivity index (χ2n) is 4.44. The summed E-state index contributed by atoms with van der Waals surface area (Å²) in [7, 11) is 1.88. The fraction of sp³-hybridized carbons (Fsp3) is 0.308. The van der Waals surface area contributed by atoms with Crippen molar-refractivity contribution in [3.8, 4) is 0 Å². The zero-order valence-electron chi connectivity index (χ0n) is 11.0. The standard InChI is InChI=1S/C13H15BrN4O2/c1-17-7-5-12(16-17)4-6-15-9-10-8-11(14)2-3-13(10)18(19)20/h2-3,5,7-8,15H,4,6,9H2,1H3. The monoisotopic (exact) mass is 338 g/mol. The summed E-state index contributed by atoms with van der Waals surface area (Å²) in [5.41, 5.74) is 1.81. The predicted molar refractivity (Wildman–Crippen MR) is 79.4 cm³/mol. The number of rotatable bonds is 6. The second kappa shape index (κ2) is 6.62. The Kier molecular flexibility index (Phi) is 4.86. The molecular weight excluding hydrogens is 324 g/mol. The lowest BCUT2D eigenvalue weighted by Crippen LogP contribution is -2.17. The molecule has 0 unspecified atom stereocenters. The molecule has 0 saturated carbocycles. The van der Waals surface area contributed by atoms with Crippen molar-refractivity contribution < 1.29 is 4.92 Å². The Morgan fingerprint density at radius 1 is 1.45 bits per heavy atom. The maximum absolute atomic E-state index is 10.9. The van der Waals surface area contributed by atoms with E-state index in [1.807, 2.05) is 19.3 Å². The highest BCUT2D eigenvalue weighted by Crippen LogP contribution is 2.22. The average molecular weight is 339 g/mol. The third kappa shape index (κ3) is 3.88. The van der Waals surface area contributed by atoms with Gasteiger partial charge in [0.2, 0.25) is 0 Å². The van der Waals surface area contributed by atoms with Crippen LogP contribution in [0.4, 0.5) is 5.69 Å². The van der Waals surface area contributed by atoms with Crippen molar-refractivity contribution in [3.05, 3.63) is 56.3 Å². The highest BCUT2D eigenvalue weighted by atomic mass is 79.9. The van der Waals surface area contributed by atoms with Gasteiger partial charge in [-0.05, 0) is 18.2 Å². The van der Waals surface area contributed by atoms with E-state index in [-0.39, 0.29) is 10.6 Å². The van der Waals surface area contributed by atoms with E-state index in [1.165, 1.54) is 6.07 Å². The van der Waals surface area contributed by atoms with Gasteiger partial charge in [0.25, 0.3) is 5.69 Å². The number of nitro groups is 1. The zero-order valence-corrected chi connectivity index (χ0v) is 12.6. The minimum Gasteiger partial charge on any atom is -0.312 e. The summed E-state index contributed by atoms with van der Waals surface area (Å²) in [6.07, 6.45) is 2.69. The Morgan fingerprint density at radius 2 is 2.25 bits per heavy atom. The summed E-state index contributed by atoms with van der Waals surface area (Å²) >= 11 is 3.33. The second-order valence-corrected chi connectivity index (χ2v) is 5.35. The van der Waals surface area contributed by atoms with Crippen LogP contribution < -0.4 is 5.32 Å². The van der Waals surface area contributed by atoms with Crippen molar-refractivity contribution in [2.45, 2.75) is 13.0 Å². The molecule has 20 heavy (non-hydrogen) atoms. The molecule has 0 saturated heterocycles. The van der Waals surface area contributed by atoms with Gasteiger partial charge in [0.05, 0.1) is 10.6 Å². The minimum absolute atomic E-state index is 0.138. The quantitative estimate of drug-likeness (QED) is 0.498. The van der Waals surface area contributed by atoms with Crippen LogP contribution in [0.5, 0.6) is 0 Å². The lowest BCUT2D eigenvalue weighted by Gasteiger charge is -2.05. The number of aryl methyl sites for hydroxylation is 1. The largest absolute Gasteiger partial charge is 0.312 e. The molecule has 1 aromatic heterocycles. The van der Waals surface area contributed by atoms with Gasteiger partial charge in [-0.25, -0.2) is 0 Å².